The average Bonchev–Trinajstić information content (AvgIpc) is 2.89. The number of rotatable bonds is 18. The van der Waals surface area contributed by atoms with E-state index >= 15 is 0 Å². The summed E-state index contributed by atoms with van der Waals surface area (Å²) in [4.78, 5) is 24.7. The smallest absolute Gasteiger partial charge is 0.343 e. The number of benzene rings is 2. The number of halogens is 1. The zero-order chi connectivity index (χ0) is 26.7. The van der Waals surface area contributed by atoms with Gasteiger partial charge in [-0.3, -0.25) is 4.79 Å². The molecule has 0 aliphatic heterocycles. The third-order valence-corrected chi connectivity index (χ3v) is 6.47. The molecule has 202 valence electrons. The summed E-state index contributed by atoms with van der Waals surface area (Å²) in [7, 11) is 0. The highest BCUT2D eigenvalue weighted by atomic mass is 79.9. The second-order valence-electron chi connectivity index (χ2n) is 9.11. The zero-order valence-electron chi connectivity index (χ0n) is 22.3. The monoisotopic (exact) mass is 572 g/mol. The van der Waals surface area contributed by atoms with Crippen LogP contribution in [-0.4, -0.2) is 24.7 Å². The molecule has 0 aromatic heterocycles. The lowest BCUT2D eigenvalue weighted by molar-refractivity contribution is -0.121. The summed E-state index contributed by atoms with van der Waals surface area (Å²) in [5.74, 6) is 0.445. The molecule has 37 heavy (non-hydrogen) atoms. The van der Waals surface area contributed by atoms with Crippen molar-refractivity contribution < 1.29 is 19.1 Å². The Balaban J connectivity index is 1.72. The number of nitrogens with zero attached hydrogens (tertiary/aromatic N) is 1. The predicted molar refractivity (Wildman–Crippen MR) is 154 cm³/mol. The molecular weight excluding hydrogens is 532 g/mol. The normalized spacial score (nSPS) is 11.0. The van der Waals surface area contributed by atoms with Crippen molar-refractivity contribution in [1.82, 2.24) is 5.43 Å². The Bertz CT molecular complexity index is 976. The first kappa shape index (κ1) is 30.6. The molecule has 0 radical (unpaired) electrons. The van der Waals surface area contributed by atoms with Gasteiger partial charge in [0.05, 0.1) is 18.4 Å². The first-order valence-corrected chi connectivity index (χ1v) is 14.4. The molecule has 0 spiro atoms. The average molecular weight is 574 g/mol. The number of esters is 1. The number of hydrazone groups is 1. The number of carbonyl (C=O) groups is 2. The van der Waals surface area contributed by atoms with Crippen LogP contribution >= 0.6 is 15.9 Å². The van der Waals surface area contributed by atoms with Crippen LogP contribution in [0, 0.1) is 0 Å². The van der Waals surface area contributed by atoms with E-state index in [9.17, 15) is 9.59 Å². The number of ether oxygens (including phenoxy) is 2. The van der Waals surface area contributed by atoms with E-state index in [1.165, 1.54) is 64.0 Å². The van der Waals surface area contributed by atoms with Gasteiger partial charge in [-0.15, -0.1) is 0 Å². The molecule has 0 atom stereocenters. The molecule has 7 heteroatoms. The fourth-order valence-corrected chi connectivity index (χ4v) is 4.28. The van der Waals surface area contributed by atoms with Gasteiger partial charge in [0.25, 0.3) is 0 Å². The van der Waals surface area contributed by atoms with Gasteiger partial charge in [0.15, 0.2) is 0 Å². The predicted octanol–water partition coefficient (Wildman–Crippen LogP) is 8.22. The summed E-state index contributed by atoms with van der Waals surface area (Å²) in [6.45, 7) is 4.71. The van der Waals surface area contributed by atoms with Crippen LogP contribution in [0.2, 0.25) is 0 Å². The molecule has 1 amide bonds. The van der Waals surface area contributed by atoms with Crippen molar-refractivity contribution in [3.8, 4) is 11.5 Å². The Kier molecular flexibility index (Phi) is 15.3. The Morgan fingerprint density at radius 2 is 1.49 bits per heavy atom. The maximum Gasteiger partial charge on any atom is 0.343 e. The fourth-order valence-electron chi connectivity index (χ4n) is 3.91. The van der Waals surface area contributed by atoms with Crippen LogP contribution in [0.4, 0.5) is 0 Å². The minimum atomic E-state index is -0.486. The minimum absolute atomic E-state index is 0.116. The van der Waals surface area contributed by atoms with Gasteiger partial charge >= 0.3 is 5.97 Å². The van der Waals surface area contributed by atoms with E-state index in [4.69, 9.17) is 9.47 Å². The summed E-state index contributed by atoms with van der Waals surface area (Å²) >= 11 is 3.43. The molecule has 0 bridgehead atoms. The van der Waals surface area contributed by atoms with E-state index in [-0.39, 0.29) is 5.91 Å². The number of amides is 1. The van der Waals surface area contributed by atoms with E-state index in [1.54, 1.807) is 42.5 Å². The highest BCUT2D eigenvalue weighted by molar-refractivity contribution is 9.10. The Morgan fingerprint density at radius 3 is 2.11 bits per heavy atom. The van der Waals surface area contributed by atoms with Gasteiger partial charge in [-0.1, -0.05) is 87.1 Å². The molecule has 2 rings (SSSR count). The minimum Gasteiger partial charge on any atom is -0.494 e. The van der Waals surface area contributed by atoms with Gasteiger partial charge in [-0.2, -0.15) is 5.10 Å². The van der Waals surface area contributed by atoms with E-state index in [2.05, 4.69) is 33.4 Å². The molecule has 0 saturated heterocycles. The van der Waals surface area contributed by atoms with Gasteiger partial charge in [-0.25, -0.2) is 10.2 Å². The van der Waals surface area contributed by atoms with E-state index in [0.717, 1.165) is 17.3 Å². The Hall–Kier alpha value is -2.67. The summed E-state index contributed by atoms with van der Waals surface area (Å²) in [6.07, 6.45) is 15.6. The van der Waals surface area contributed by atoms with Crippen molar-refractivity contribution in [2.45, 2.75) is 90.9 Å². The highest BCUT2D eigenvalue weighted by Crippen LogP contribution is 2.23. The lowest BCUT2D eigenvalue weighted by Gasteiger charge is -2.09. The van der Waals surface area contributed by atoms with Crippen LogP contribution in [0.1, 0.15) is 107 Å². The number of nitrogens with one attached hydrogen (secondary N) is 1. The van der Waals surface area contributed by atoms with Crippen LogP contribution in [0.15, 0.2) is 52.0 Å². The summed E-state index contributed by atoms with van der Waals surface area (Å²) in [5, 5.41) is 4.07. The van der Waals surface area contributed by atoms with Crippen molar-refractivity contribution in [3.05, 3.63) is 58.1 Å². The Morgan fingerprint density at radius 1 is 0.865 bits per heavy atom. The molecule has 2 aromatic carbocycles. The van der Waals surface area contributed by atoms with Crippen molar-refractivity contribution in [2.24, 2.45) is 5.10 Å². The van der Waals surface area contributed by atoms with Gasteiger partial charge in [0, 0.05) is 16.5 Å². The third kappa shape index (κ3) is 12.9. The zero-order valence-corrected chi connectivity index (χ0v) is 23.9. The van der Waals surface area contributed by atoms with Gasteiger partial charge in [0.1, 0.15) is 11.5 Å². The number of carbonyl (C=O) groups excluding carboxylic acids is 2. The molecule has 2 aromatic rings. The van der Waals surface area contributed by atoms with Crippen molar-refractivity contribution in [2.75, 3.05) is 6.61 Å². The maximum atomic E-state index is 12.6. The molecule has 6 nitrogen and oxygen atoms in total. The molecular formula is C30H41BrN2O4. The quantitative estimate of drug-likeness (QED) is 0.0641. The van der Waals surface area contributed by atoms with Gasteiger partial charge in [0.2, 0.25) is 5.91 Å². The third-order valence-electron chi connectivity index (χ3n) is 5.98. The first-order chi connectivity index (χ1) is 18.0. The van der Waals surface area contributed by atoms with Crippen LogP contribution < -0.4 is 14.9 Å². The second kappa shape index (κ2) is 18.6. The van der Waals surface area contributed by atoms with Gasteiger partial charge in [-0.05, 0) is 55.8 Å². The topological polar surface area (TPSA) is 77.0 Å². The molecule has 0 unspecified atom stereocenters. The van der Waals surface area contributed by atoms with E-state index in [1.807, 2.05) is 6.92 Å². The maximum absolute atomic E-state index is 12.6. The Labute approximate surface area is 230 Å². The van der Waals surface area contributed by atoms with Crippen molar-refractivity contribution >= 4 is 34.0 Å². The fraction of sp³-hybridized carbons (Fsp3) is 0.500. The SMILES string of the molecule is CCCCCCCCCCCCCC(=O)N/N=C/c1cc(Br)ccc1OC(=O)c1ccc(OCC)cc1. The largest absolute Gasteiger partial charge is 0.494 e. The van der Waals surface area contributed by atoms with Crippen molar-refractivity contribution in [1.29, 1.82) is 0 Å². The molecule has 0 fully saturated rings. The van der Waals surface area contributed by atoms with E-state index < -0.39 is 5.97 Å². The molecule has 0 aliphatic carbocycles. The highest BCUT2D eigenvalue weighted by Gasteiger charge is 2.12. The standard InChI is InChI=1S/C30H41BrN2O4/c1-3-5-6-7-8-9-10-11-12-13-14-15-29(34)33-32-23-25-22-26(31)18-21-28(25)37-30(35)24-16-19-27(20-17-24)36-4-2/h16-23H,3-15H2,1-2H3,(H,33,34)/b32-23+. The van der Waals surface area contributed by atoms with Crippen LogP contribution in [0.3, 0.4) is 0 Å². The second-order valence-corrected chi connectivity index (χ2v) is 10.0. The number of unbranched alkanes of at least 4 members (excludes halogenated alkanes) is 10. The van der Waals surface area contributed by atoms with E-state index in [0.29, 0.717) is 35.7 Å². The summed E-state index contributed by atoms with van der Waals surface area (Å²) in [6, 6.07) is 12.0. The lowest BCUT2D eigenvalue weighted by atomic mass is 10.1. The van der Waals surface area contributed by atoms with Gasteiger partial charge < -0.3 is 9.47 Å². The van der Waals surface area contributed by atoms with Crippen molar-refractivity contribution in [3.63, 3.8) is 0 Å². The summed E-state index contributed by atoms with van der Waals surface area (Å²) in [5.41, 5.74) is 3.56. The molecule has 0 heterocycles. The first-order valence-electron chi connectivity index (χ1n) is 13.6. The lowest BCUT2D eigenvalue weighted by Crippen LogP contribution is -2.17. The molecule has 1 N–H and O–H groups in total. The van der Waals surface area contributed by atoms with Crippen LogP contribution in [-0.2, 0) is 4.79 Å². The molecule has 0 aliphatic rings. The number of hydrogen-bond donors (Lipinski definition) is 1. The number of hydrogen-bond acceptors (Lipinski definition) is 5. The van der Waals surface area contributed by atoms with Crippen LogP contribution in [0.5, 0.6) is 11.5 Å². The summed E-state index contributed by atoms with van der Waals surface area (Å²) < 4.78 is 11.8. The van der Waals surface area contributed by atoms with Crippen LogP contribution in [0.25, 0.3) is 0 Å². The molecule has 0 saturated carbocycles.